The second-order valence-corrected chi connectivity index (χ2v) is 4.13. The summed E-state index contributed by atoms with van der Waals surface area (Å²) < 4.78 is 27.3. The van der Waals surface area contributed by atoms with Crippen molar-refractivity contribution in [2.45, 2.75) is 19.5 Å². The Labute approximate surface area is 109 Å². The predicted molar refractivity (Wildman–Crippen MR) is 62.8 cm³/mol. The Hall–Kier alpha value is -2.52. The van der Waals surface area contributed by atoms with Gasteiger partial charge in [0.05, 0.1) is 6.33 Å². The van der Waals surface area contributed by atoms with Crippen LogP contribution in [0.4, 0.5) is 8.78 Å². The Balaban J connectivity index is 2.97. The van der Waals surface area contributed by atoms with Gasteiger partial charge in [0.15, 0.2) is 11.2 Å². The molecule has 2 aromatic heterocycles. The van der Waals surface area contributed by atoms with Crippen molar-refractivity contribution < 1.29 is 18.7 Å². The number of halogens is 2. The van der Waals surface area contributed by atoms with Gasteiger partial charge >= 0.3 is 18.2 Å². The minimum Gasteiger partial charge on any atom is -0.480 e. The number of alkyl halides is 2. The van der Waals surface area contributed by atoms with Gasteiger partial charge in [0.25, 0.3) is 5.56 Å². The van der Waals surface area contributed by atoms with Gasteiger partial charge in [0.2, 0.25) is 0 Å². The van der Waals surface area contributed by atoms with Crippen molar-refractivity contribution in [3.05, 3.63) is 27.2 Å². The molecule has 0 bridgehead atoms. The summed E-state index contributed by atoms with van der Waals surface area (Å²) in [6.07, 6.45) is 0.948. The second kappa shape index (κ2) is 4.54. The average Bonchev–Trinajstić information content (AvgIpc) is 2.79. The van der Waals surface area contributed by atoms with E-state index in [0.29, 0.717) is 4.57 Å². The fraction of sp³-hybridized carbons (Fsp3) is 0.400. The Bertz CT molecular complexity index is 804. The lowest BCUT2D eigenvalue weighted by molar-refractivity contribution is -0.140. The summed E-state index contributed by atoms with van der Waals surface area (Å²) in [6, 6.07) is -1.18. The summed E-state index contributed by atoms with van der Waals surface area (Å²) >= 11 is 0. The van der Waals surface area contributed by atoms with Crippen molar-refractivity contribution in [2.24, 2.45) is 7.05 Å². The highest BCUT2D eigenvalue weighted by atomic mass is 19.3. The van der Waals surface area contributed by atoms with Gasteiger partial charge in [-0.15, -0.1) is 0 Å². The fourth-order valence-electron chi connectivity index (χ4n) is 1.82. The molecule has 108 valence electrons. The van der Waals surface area contributed by atoms with Crippen molar-refractivity contribution in [2.75, 3.05) is 0 Å². The molecule has 1 N–H and O–H groups in total. The Morgan fingerprint density at radius 1 is 1.40 bits per heavy atom. The Morgan fingerprint density at radius 3 is 2.50 bits per heavy atom. The molecule has 0 radical (unpaired) electrons. The second-order valence-electron chi connectivity index (χ2n) is 4.13. The first-order valence-electron chi connectivity index (χ1n) is 5.46. The standard InChI is InChI=1S/C10H10F2N4O4/c1-4(8(18)19)15-3-13-6-5(15)7(17)14(2)10(20)16(6)9(11)12/h3-4,9H,1-2H3,(H,18,19)/t4-/m0/s1. The highest BCUT2D eigenvalue weighted by molar-refractivity contribution is 5.77. The van der Waals surface area contributed by atoms with Gasteiger partial charge in [0.1, 0.15) is 6.04 Å². The first kappa shape index (κ1) is 13.9. The summed E-state index contributed by atoms with van der Waals surface area (Å²) in [4.78, 5) is 38.1. The molecule has 10 heteroatoms. The van der Waals surface area contributed by atoms with Gasteiger partial charge < -0.3 is 9.67 Å². The number of hydrogen-bond acceptors (Lipinski definition) is 4. The van der Waals surface area contributed by atoms with Crippen LogP contribution in [0.15, 0.2) is 15.9 Å². The van der Waals surface area contributed by atoms with Crippen LogP contribution in [0.5, 0.6) is 0 Å². The lowest BCUT2D eigenvalue weighted by Gasteiger charge is -2.11. The third kappa shape index (κ3) is 1.80. The molecular formula is C10H10F2N4O4. The molecule has 0 aromatic carbocycles. The third-order valence-corrected chi connectivity index (χ3v) is 2.97. The van der Waals surface area contributed by atoms with Crippen molar-refractivity contribution in [1.82, 2.24) is 18.7 Å². The van der Waals surface area contributed by atoms with E-state index >= 15 is 0 Å². The number of aromatic nitrogens is 4. The van der Waals surface area contributed by atoms with Gasteiger partial charge in [-0.3, -0.25) is 9.36 Å². The van der Waals surface area contributed by atoms with Crippen LogP contribution in [0.2, 0.25) is 0 Å². The van der Waals surface area contributed by atoms with E-state index in [1.807, 2.05) is 0 Å². The lowest BCUT2D eigenvalue weighted by atomic mass is 10.3. The van der Waals surface area contributed by atoms with E-state index in [0.717, 1.165) is 17.9 Å². The van der Waals surface area contributed by atoms with E-state index in [4.69, 9.17) is 5.11 Å². The zero-order chi connectivity index (χ0) is 15.2. The Morgan fingerprint density at radius 2 is 2.00 bits per heavy atom. The minimum absolute atomic E-state index is 0.0435. The number of rotatable bonds is 3. The number of carboxylic acid groups (broad SMARTS) is 1. The maximum absolute atomic E-state index is 12.9. The maximum atomic E-state index is 12.9. The van der Waals surface area contributed by atoms with Crippen molar-refractivity contribution >= 4 is 17.1 Å². The molecule has 0 aliphatic carbocycles. The molecule has 0 unspecified atom stereocenters. The highest BCUT2D eigenvalue weighted by Crippen LogP contribution is 2.17. The summed E-state index contributed by atoms with van der Waals surface area (Å²) in [5.74, 6) is -1.26. The molecule has 2 heterocycles. The fourth-order valence-corrected chi connectivity index (χ4v) is 1.82. The van der Waals surface area contributed by atoms with Gasteiger partial charge in [0, 0.05) is 7.05 Å². The topological polar surface area (TPSA) is 99.1 Å². The monoisotopic (exact) mass is 288 g/mol. The van der Waals surface area contributed by atoms with Gasteiger partial charge in [-0.1, -0.05) is 0 Å². The molecule has 2 aromatic rings. The zero-order valence-electron chi connectivity index (χ0n) is 10.4. The molecular weight excluding hydrogens is 278 g/mol. The van der Waals surface area contributed by atoms with Crippen LogP contribution >= 0.6 is 0 Å². The molecule has 0 amide bonds. The molecule has 0 saturated heterocycles. The zero-order valence-corrected chi connectivity index (χ0v) is 10.4. The number of carboxylic acids is 1. The lowest BCUT2D eigenvalue weighted by Crippen LogP contribution is -2.39. The van der Waals surface area contributed by atoms with Gasteiger partial charge in [-0.25, -0.2) is 19.1 Å². The maximum Gasteiger partial charge on any atom is 0.336 e. The van der Waals surface area contributed by atoms with E-state index in [9.17, 15) is 23.2 Å². The predicted octanol–water partition coefficient (Wildman–Crippen LogP) is -0.0626. The van der Waals surface area contributed by atoms with Crippen molar-refractivity contribution in [3.63, 3.8) is 0 Å². The summed E-state index contributed by atoms with van der Waals surface area (Å²) in [5, 5.41) is 8.93. The molecule has 1 atom stereocenters. The molecule has 0 aliphatic heterocycles. The van der Waals surface area contributed by atoms with Gasteiger partial charge in [-0.2, -0.15) is 8.78 Å². The van der Waals surface area contributed by atoms with Crippen LogP contribution in [0.3, 0.4) is 0 Å². The van der Waals surface area contributed by atoms with E-state index in [2.05, 4.69) is 4.98 Å². The first-order chi connectivity index (χ1) is 9.27. The van der Waals surface area contributed by atoms with Crippen LogP contribution in [0.25, 0.3) is 11.2 Å². The van der Waals surface area contributed by atoms with Crippen LogP contribution in [-0.4, -0.2) is 29.8 Å². The summed E-state index contributed by atoms with van der Waals surface area (Å²) in [7, 11) is 1.03. The number of nitrogens with zero attached hydrogens (tertiary/aromatic N) is 4. The van der Waals surface area contributed by atoms with Crippen LogP contribution < -0.4 is 11.2 Å². The molecule has 0 spiro atoms. The molecule has 2 rings (SSSR count). The molecule has 0 aliphatic rings. The minimum atomic E-state index is -3.19. The summed E-state index contributed by atoms with van der Waals surface area (Å²) in [5.41, 5.74) is -3.00. The van der Waals surface area contributed by atoms with E-state index in [-0.39, 0.29) is 10.1 Å². The van der Waals surface area contributed by atoms with Crippen molar-refractivity contribution in [1.29, 1.82) is 0 Å². The Kier molecular flexibility index (Phi) is 3.16. The van der Waals surface area contributed by atoms with Crippen LogP contribution in [0.1, 0.15) is 19.5 Å². The van der Waals surface area contributed by atoms with Crippen LogP contribution in [-0.2, 0) is 11.8 Å². The molecule has 8 nitrogen and oxygen atoms in total. The SMILES string of the molecule is C[C@@H](C(=O)O)n1cnc2c1c(=O)n(C)c(=O)n2C(F)F. The molecule has 20 heavy (non-hydrogen) atoms. The molecule has 0 saturated carbocycles. The van der Waals surface area contributed by atoms with Crippen LogP contribution in [0, 0.1) is 0 Å². The molecule has 0 fully saturated rings. The third-order valence-electron chi connectivity index (χ3n) is 2.97. The van der Waals surface area contributed by atoms with Gasteiger partial charge in [-0.05, 0) is 6.92 Å². The first-order valence-corrected chi connectivity index (χ1v) is 5.46. The number of imidazole rings is 1. The van der Waals surface area contributed by atoms with E-state index in [1.54, 1.807) is 0 Å². The number of fused-ring (bicyclic) bond motifs is 1. The smallest absolute Gasteiger partial charge is 0.336 e. The quantitative estimate of drug-likeness (QED) is 0.852. The number of hydrogen-bond donors (Lipinski definition) is 1. The van der Waals surface area contributed by atoms with E-state index in [1.165, 1.54) is 6.92 Å². The summed E-state index contributed by atoms with van der Waals surface area (Å²) in [6.45, 7) is -1.93. The average molecular weight is 288 g/mol. The van der Waals surface area contributed by atoms with Crippen molar-refractivity contribution in [3.8, 4) is 0 Å². The largest absolute Gasteiger partial charge is 0.480 e. The normalized spacial score (nSPS) is 13.1. The number of aliphatic carboxylic acids is 1. The van der Waals surface area contributed by atoms with E-state index < -0.39 is 35.5 Å². The highest BCUT2D eigenvalue weighted by Gasteiger charge is 2.24. The number of carbonyl (C=O) groups is 1.